The van der Waals surface area contributed by atoms with Gasteiger partial charge in [-0.25, -0.2) is 5.43 Å². The molecule has 0 radical (unpaired) electrons. The number of nitro benzene ring substituents is 1. The molecule has 0 spiro atoms. The SMILES string of the molecule is CC(C)CN(CC(C)C)c1ccc([N+](=O)[O-])cc1/C=N/NC(=O)CNc1ccccc1. The lowest BCUT2D eigenvalue weighted by Crippen LogP contribution is -2.32. The third kappa shape index (κ3) is 8.08. The number of nitrogens with one attached hydrogen (secondary N) is 2. The van der Waals surface area contributed by atoms with Gasteiger partial charge in [-0.1, -0.05) is 45.9 Å². The van der Waals surface area contributed by atoms with Crippen molar-refractivity contribution in [2.24, 2.45) is 16.9 Å². The maximum absolute atomic E-state index is 12.1. The summed E-state index contributed by atoms with van der Waals surface area (Å²) in [6, 6.07) is 14.1. The van der Waals surface area contributed by atoms with Gasteiger partial charge in [-0.3, -0.25) is 14.9 Å². The number of amides is 1. The molecule has 0 bridgehead atoms. The molecule has 0 heterocycles. The molecule has 0 atom stereocenters. The molecule has 0 aliphatic rings. The lowest BCUT2D eigenvalue weighted by Gasteiger charge is -2.29. The Morgan fingerprint density at radius 1 is 1.10 bits per heavy atom. The number of benzene rings is 2. The molecule has 1 amide bonds. The first-order chi connectivity index (χ1) is 14.8. The van der Waals surface area contributed by atoms with Crippen LogP contribution in [0.5, 0.6) is 0 Å². The van der Waals surface area contributed by atoms with Gasteiger partial charge >= 0.3 is 0 Å². The van der Waals surface area contributed by atoms with Crippen LogP contribution < -0.4 is 15.6 Å². The third-order valence-corrected chi connectivity index (χ3v) is 4.35. The first-order valence-electron chi connectivity index (χ1n) is 10.4. The van der Waals surface area contributed by atoms with Gasteiger partial charge in [0.25, 0.3) is 11.6 Å². The minimum Gasteiger partial charge on any atom is -0.376 e. The van der Waals surface area contributed by atoms with Crippen molar-refractivity contribution in [3.63, 3.8) is 0 Å². The number of carbonyl (C=O) groups excluding carboxylic acids is 1. The molecule has 166 valence electrons. The van der Waals surface area contributed by atoms with E-state index in [-0.39, 0.29) is 18.1 Å². The highest BCUT2D eigenvalue weighted by atomic mass is 16.6. The Labute approximate surface area is 183 Å². The van der Waals surface area contributed by atoms with Gasteiger partial charge in [0.05, 0.1) is 17.7 Å². The maximum atomic E-state index is 12.1. The summed E-state index contributed by atoms with van der Waals surface area (Å²) < 4.78 is 0. The molecular formula is C23H31N5O3. The average molecular weight is 426 g/mol. The third-order valence-electron chi connectivity index (χ3n) is 4.35. The van der Waals surface area contributed by atoms with Crippen molar-refractivity contribution >= 4 is 29.2 Å². The van der Waals surface area contributed by atoms with Crippen LogP contribution in [0.3, 0.4) is 0 Å². The first-order valence-corrected chi connectivity index (χ1v) is 10.4. The van der Waals surface area contributed by atoms with Crippen LogP contribution in [-0.2, 0) is 4.79 Å². The normalized spacial score (nSPS) is 11.2. The quantitative estimate of drug-likeness (QED) is 0.318. The van der Waals surface area contributed by atoms with Crippen LogP contribution in [0.15, 0.2) is 53.6 Å². The molecule has 2 rings (SSSR count). The number of nitrogens with zero attached hydrogens (tertiary/aromatic N) is 3. The van der Waals surface area contributed by atoms with E-state index in [1.165, 1.54) is 18.3 Å². The van der Waals surface area contributed by atoms with Crippen molar-refractivity contribution in [2.45, 2.75) is 27.7 Å². The van der Waals surface area contributed by atoms with Gasteiger partial charge in [0.15, 0.2) is 0 Å². The zero-order valence-corrected chi connectivity index (χ0v) is 18.5. The Kier molecular flexibility index (Phi) is 8.99. The molecule has 0 saturated carbocycles. The Balaban J connectivity index is 2.16. The molecule has 0 fully saturated rings. The van der Waals surface area contributed by atoms with Crippen LogP contribution in [0.4, 0.5) is 17.1 Å². The summed E-state index contributed by atoms with van der Waals surface area (Å²) in [5, 5.41) is 18.3. The summed E-state index contributed by atoms with van der Waals surface area (Å²) in [5.74, 6) is 0.526. The summed E-state index contributed by atoms with van der Waals surface area (Å²) in [7, 11) is 0. The highest BCUT2D eigenvalue weighted by Gasteiger charge is 2.17. The zero-order chi connectivity index (χ0) is 22.8. The van der Waals surface area contributed by atoms with E-state index in [1.54, 1.807) is 6.07 Å². The van der Waals surface area contributed by atoms with Gasteiger partial charge in [0, 0.05) is 42.2 Å². The fraction of sp³-hybridized carbons (Fsp3) is 0.391. The molecule has 2 aromatic rings. The maximum Gasteiger partial charge on any atom is 0.270 e. The van der Waals surface area contributed by atoms with E-state index < -0.39 is 4.92 Å². The molecule has 31 heavy (non-hydrogen) atoms. The van der Waals surface area contributed by atoms with Crippen LogP contribution in [0.2, 0.25) is 0 Å². The number of carbonyl (C=O) groups is 1. The smallest absolute Gasteiger partial charge is 0.270 e. The monoisotopic (exact) mass is 425 g/mol. The predicted octanol–water partition coefficient (Wildman–Crippen LogP) is 4.28. The van der Waals surface area contributed by atoms with Crippen molar-refractivity contribution in [2.75, 3.05) is 29.9 Å². The van der Waals surface area contributed by atoms with E-state index in [2.05, 4.69) is 48.4 Å². The summed E-state index contributed by atoms with van der Waals surface area (Å²) in [5.41, 5.74) is 4.74. The Hall–Kier alpha value is -3.42. The van der Waals surface area contributed by atoms with Crippen molar-refractivity contribution in [1.82, 2.24) is 5.43 Å². The highest BCUT2D eigenvalue weighted by molar-refractivity contribution is 5.90. The first kappa shape index (κ1) is 23.9. The number of para-hydroxylation sites is 1. The predicted molar refractivity (Wildman–Crippen MR) is 126 cm³/mol. The average Bonchev–Trinajstić information content (AvgIpc) is 2.71. The fourth-order valence-electron chi connectivity index (χ4n) is 3.15. The molecule has 2 N–H and O–H groups in total. The summed E-state index contributed by atoms with van der Waals surface area (Å²) in [4.78, 5) is 25.1. The van der Waals surface area contributed by atoms with Crippen LogP contribution in [-0.4, -0.2) is 36.7 Å². The highest BCUT2D eigenvalue weighted by Crippen LogP contribution is 2.26. The van der Waals surface area contributed by atoms with Gasteiger partial charge in [-0.15, -0.1) is 0 Å². The van der Waals surface area contributed by atoms with Crippen molar-refractivity contribution in [1.29, 1.82) is 0 Å². The second-order valence-electron chi connectivity index (χ2n) is 8.21. The summed E-state index contributed by atoms with van der Waals surface area (Å²) >= 11 is 0. The van der Waals surface area contributed by atoms with E-state index in [9.17, 15) is 14.9 Å². The number of hydrazone groups is 1. The molecular weight excluding hydrogens is 394 g/mol. The molecule has 0 aliphatic heterocycles. The van der Waals surface area contributed by atoms with E-state index >= 15 is 0 Å². The van der Waals surface area contributed by atoms with Crippen LogP contribution in [0.1, 0.15) is 33.3 Å². The summed E-state index contributed by atoms with van der Waals surface area (Å²) in [6.45, 7) is 10.2. The van der Waals surface area contributed by atoms with Crippen LogP contribution >= 0.6 is 0 Å². The molecule has 8 nitrogen and oxygen atoms in total. The van der Waals surface area contributed by atoms with Crippen molar-refractivity contribution in [3.8, 4) is 0 Å². The Morgan fingerprint density at radius 2 is 1.74 bits per heavy atom. The van der Waals surface area contributed by atoms with Gasteiger partial charge in [-0.05, 0) is 30.0 Å². The number of non-ortho nitro benzene ring substituents is 1. The number of hydrogen-bond donors (Lipinski definition) is 2. The second kappa shape index (κ2) is 11.7. The van der Waals surface area contributed by atoms with Gasteiger partial charge in [0.2, 0.25) is 0 Å². The Morgan fingerprint density at radius 3 is 2.32 bits per heavy atom. The van der Waals surface area contributed by atoms with Gasteiger partial charge < -0.3 is 10.2 Å². The number of anilines is 2. The minimum absolute atomic E-state index is 0.0173. The molecule has 0 unspecified atom stereocenters. The lowest BCUT2D eigenvalue weighted by atomic mass is 10.1. The molecule has 0 aromatic heterocycles. The molecule has 0 saturated heterocycles. The standard InChI is InChI=1S/C23H31N5O3/c1-17(2)15-27(16-18(3)4)22-11-10-21(28(30)31)12-19(22)13-25-26-23(29)14-24-20-8-6-5-7-9-20/h5-13,17-18,24H,14-16H2,1-4H3,(H,26,29)/b25-13+. The topological polar surface area (TPSA) is 99.9 Å². The molecule has 0 aliphatic carbocycles. The number of nitro groups is 1. The van der Waals surface area contributed by atoms with Crippen LogP contribution in [0, 0.1) is 22.0 Å². The Bertz CT molecular complexity index is 887. The fourth-order valence-corrected chi connectivity index (χ4v) is 3.15. The van der Waals surface area contributed by atoms with E-state index in [4.69, 9.17) is 0 Å². The van der Waals surface area contributed by atoms with Crippen molar-refractivity contribution < 1.29 is 9.72 Å². The van der Waals surface area contributed by atoms with E-state index in [1.807, 2.05) is 30.3 Å². The van der Waals surface area contributed by atoms with E-state index in [0.717, 1.165) is 24.5 Å². The van der Waals surface area contributed by atoms with Gasteiger partial charge in [0.1, 0.15) is 0 Å². The molecule has 8 heteroatoms. The van der Waals surface area contributed by atoms with E-state index in [0.29, 0.717) is 17.4 Å². The largest absolute Gasteiger partial charge is 0.376 e. The number of rotatable bonds is 11. The zero-order valence-electron chi connectivity index (χ0n) is 18.5. The lowest BCUT2D eigenvalue weighted by molar-refractivity contribution is -0.384. The summed E-state index contributed by atoms with van der Waals surface area (Å²) in [6.07, 6.45) is 1.47. The molecule has 2 aromatic carbocycles. The number of hydrogen-bond acceptors (Lipinski definition) is 6. The second-order valence-corrected chi connectivity index (χ2v) is 8.21. The van der Waals surface area contributed by atoms with Crippen LogP contribution in [0.25, 0.3) is 0 Å². The van der Waals surface area contributed by atoms with Gasteiger partial charge in [-0.2, -0.15) is 5.10 Å². The minimum atomic E-state index is -0.432. The van der Waals surface area contributed by atoms with Crippen molar-refractivity contribution in [3.05, 3.63) is 64.2 Å².